The van der Waals surface area contributed by atoms with Gasteiger partial charge in [0.1, 0.15) is 5.75 Å². The third-order valence-corrected chi connectivity index (χ3v) is 4.93. The van der Waals surface area contributed by atoms with Gasteiger partial charge in [-0.15, -0.1) is 0 Å². The van der Waals surface area contributed by atoms with Crippen molar-refractivity contribution in [2.45, 2.75) is 31.7 Å². The molecule has 1 amide bonds. The number of nitrogens with zero attached hydrogens (tertiary/aromatic N) is 1. The first-order chi connectivity index (χ1) is 11.9. The molecule has 0 bridgehead atoms. The Morgan fingerprint density at radius 3 is 2.40 bits per heavy atom. The molecular formula is C20H21NO4. The molecule has 25 heavy (non-hydrogen) atoms. The van der Waals surface area contributed by atoms with Crippen molar-refractivity contribution in [2.75, 3.05) is 12.0 Å². The zero-order valence-corrected chi connectivity index (χ0v) is 14.5. The van der Waals surface area contributed by atoms with Crippen molar-refractivity contribution in [3.63, 3.8) is 0 Å². The summed E-state index contributed by atoms with van der Waals surface area (Å²) >= 11 is 0. The summed E-state index contributed by atoms with van der Waals surface area (Å²) in [5.74, 6) is -0.333. The van der Waals surface area contributed by atoms with E-state index in [9.17, 15) is 14.7 Å². The molecular weight excluding hydrogens is 318 g/mol. The van der Waals surface area contributed by atoms with Crippen LogP contribution in [0.5, 0.6) is 5.75 Å². The molecule has 1 aliphatic heterocycles. The molecule has 0 saturated heterocycles. The fourth-order valence-corrected chi connectivity index (χ4v) is 3.56. The summed E-state index contributed by atoms with van der Waals surface area (Å²) < 4.78 is 5.14. The van der Waals surface area contributed by atoms with Crippen molar-refractivity contribution in [2.24, 2.45) is 0 Å². The van der Waals surface area contributed by atoms with Crippen LogP contribution in [0, 0.1) is 0 Å². The van der Waals surface area contributed by atoms with Gasteiger partial charge in [-0.1, -0.05) is 18.2 Å². The zero-order chi connectivity index (χ0) is 18.2. The minimum Gasteiger partial charge on any atom is -0.497 e. The lowest BCUT2D eigenvalue weighted by atomic mass is 9.73. The van der Waals surface area contributed by atoms with E-state index >= 15 is 0 Å². The number of carboxylic acids is 1. The number of amides is 1. The van der Waals surface area contributed by atoms with Crippen molar-refractivity contribution in [1.82, 2.24) is 0 Å². The summed E-state index contributed by atoms with van der Waals surface area (Å²) in [5.41, 5.74) is 0.864. The number of hydrogen-bond donors (Lipinski definition) is 1. The molecule has 2 aromatic carbocycles. The second-order valence-electron chi connectivity index (χ2n) is 6.61. The van der Waals surface area contributed by atoms with E-state index in [-0.39, 0.29) is 11.9 Å². The number of carbonyl (C=O) groups excluding carboxylic acids is 1. The Kier molecular flexibility index (Phi) is 4.25. The Morgan fingerprint density at radius 1 is 1.16 bits per heavy atom. The predicted octanol–water partition coefficient (Wildman–Crippen LogP) is 3.48. The fourth-order valence-electron chi connectivity index (χ4n) is 3.56. The van der Waals surface area contributed by atoms with E-state index in [2.05, 4.69) is 0 Å². The molecule has 3 rings (SSSR count). The van der Waals surface area contributed by atoms with Crippen molar-refractivity contribution in [3.8, 4) is 5.75 Å². The second-order valence-corrected chi connectivity index (χ2v) is 6.61. The molecule has 5 heteroatoms. The lowest BCUT2D eigenvalue weighted by molar-refractivity contribution is -0.143. The number of aliphatic carboxylic acids is 1. The van der Waals surface area contributed by atoms with Crippen LogP contribution in [0.4, 0.5) is 5.69 Å². The lowest BCUT2D eigenvalue weighted by Gasteiger charge is -2.43. The topological polar surface area (TPSA) is 66.8 Å². The van der Waals surface area contributed by atoms with E-state index in [0.29, 0.717) is 29.0 Å². The van der Waals surface area contributed by atoms with Gasteiger partial charge in [-0.3, -0.25) is 9.59 Å². The third-order valence-electron chi connectivity index (χ3n) is 4.93. The van der Waals surface area contributed by atoms with Crippen LogP contribution in [0.3, 0.4) is 0 Å². The number of carboxylic acid groups (broad SMARTS) is 1. The first-order valence-electron chi connectivity index (χ1n) is 8.19. The van der Waals surface area contributed by atoms with Gasteiger partial charge in [-0.05, 0) is 56.2 Å². The molecule has 1 N–H and O–H groups in total. The van der Waals surface area contributed by atoms with E-state index in [0.717, 1.165) is 0 Å². The van der Waals surface area contributed by atoms with Crippen LogP contribution in [-0.4, -0.2) is 30.1 Å². The molecule has 0 radical (unpaired) electrons. The standard InChI is InChI=1S/C20H21NO4/c1-13-12-20(2,19(23)24)16-6-4-5-7-17(16)21(13)18(22)14-8-10-15(25-3)11-9-14/h4-11,13H,12H2,1-3H3,(H,23,24)/t13-,20-/m0/s1. The summed E-state index contributed by atoms with van der Waals surface area (Å²) in [6, 6.07) is 14.0. The van der Waals surface area contributed by atoms with Crippen LogP contribution in [0.2, 0.25) is 0 Å². The van der Waals surface area contributed by atoms with Gasteiger partial charge in [-0.25, -0.2) is 0 Å². The van der Waals surface area contributed by atoms with Crippen molar-refractivity contribution >= 4 is 17.6 Å². The molecule has 0 fully saturated rings. The van der Waals surface area contributed by atoms with Gasteiger partial charge in [0, 0.05) is 17.3 Å². The SMILES string of the molecule is COc1ccc(C(=O)N2c3ccccc3[C@@](C)(C(=O)O)C[C@@H]2C)cc1. The van der Waals surface area contributed by atoms with E-state index < -0.39 is 11.4 Å². The maximum Gasteiger partial charge on any atom is 0.313 e. The van der Waals surface area contributed by atoms with Crippen LogP contribution >= 0.6 is 0 Å². The van der Waals surface area contributed by atoms with Gasteiger partial charge in [0.2, 0.25) is 0 Å². The Labute approximate surface area is 146 Å². The number of carbonyl (C=O) groups is 2. The minimum atomic E-state index is -1.01. The van der Waals surface area contributed by atoms with Crippen LogP contribution in [0.1, 0.15) is 36.2 Å². The normalized spacial score (nSPS) is 22.2. The van der Waals surface area contributed by atoms with Gasteiger partial charge in [0.05, 0.1) is 12.5 Å². The molecule has 2 atom stereocenters. The average molecular weight is 339 g/mol. The van der Waals surface area contributed by atoms with E-state index in [1.54, 1.807) is 49.3 Å². The molecule has 1 heterocycles. The van der Waals surface area contributed by atoms with Crippen LogP contribution in [-0.2, 0) is 10.2 Å². The van der Waals surface area contributed by atoms with Gasteiger partial charge < -0.3 is 14.7 Å². The quantitative estimate of drug-likeness (QED) is 0.930. The highest BCUT2D eigenvalue weighted by Gasteiger charge is 2.45. The predicted molar refractivity (Wildman–Crippen MR) is 95.3 cm³/mol. The maximum absolute atomic E-state index is 13.1. The minimum absolute atomic E-state index is 0.143. The highest BCUT2D eigenvalue weighted by Crippen LogP contribution is 2.43. The van der Waals surface area contributed by atoms with Crippen LogP contribution in [0.15, 0.2) is 48.5 Å². The highest BCUT2D eigenvalue weighted by molar-refractivity contribution is 6.08. The van der Waals surface area contributed by atoms with E-state index in [1.807, 2.05) is 25.1 Å². The Bertz CT molecular complexity index is 815. The number of anilines is 1. The Morgan fingerprint density at radius 2 is 1.80 bits per heavy atom. The third kappa shape index (κ3) is 2.76. The molecule has 0 saturated carbocycles. The van der Waals surface area contributed by atoms with E-state index in [1.165, 1.54) is 0 Å². The Balaban J connectivity index is 2.06. The summed E-state index contributed by atoms with van der Waals surface area (Å²) in [4.78, 5) is 26.7. The van der Waals surface area contributed by atoms with Crippen LogP contribution < -0.4 is 9.64 Å². The fraction of sp³-hybridized carbons (Fsp3) is 0.300. The molecule has 2 aromatic rings. The first kappa shape index (κ1) is 17.0. The molecule has 0 aromatic heterocycles. The second kappa shape index (κ2) is 6.24. The number of benzene rings is 2. The number of rotatable bonds is 3. The van der Waals surface area contributed by atoms with Gasteiger partial charge in [0.25, 0.3) is 5.91 Å². The molecule has 130 valence electrons. The molecule has 0 unspecified atom stereocenters. The number of para-hydroxylation sites is 1. The van der Waals surface area contributed by atoms with Gasteiger partial charge in [-0.2, -0.15) is 0 Å². The zero-order valence-electron chi connectivity index (χ0n) is 14.5. The number of ether oxygens (including phenoxy) is 1. The van der Waals surface area contributed by atoms with Crippen LogP contribution in [0.25, 0.3) is 0 Å². The summed E-state index contributed by atoms with van der Waals surface area (Å²) in [6.45, 7) is 3.61. The number of hydrogen-bond acceptors (Lipinski definition) is 3. The summed E-state index contributed by atoms with van der Waals surface area (Å²) in [6.07, 6.45) is 0.362. The smallest absolute Gasteiger partial charge is 0.313 e. The number of fused-ring (bicyclic) bond motifs is 1. The first-order valence-corrected chi connectivity index (χ1v) is 8.19. The molecule has 1 aliphatic rings. The average Bonchev–Trinajstić information content (AvgIpc) is 2.61. The molecule has 5 nitrogen and oxygen atoms in total. The Hall–Kier alpha value is -2.82. The molecule has 0 aliphatic carbocycles. The largest absolute Gasteiger partial charge is 0.497 e. The van der Waals surface area contributed by atoms with Crippen molar-refractivity contribution in [3.05, 3.63) is 59.7 Å². The van der Waals surface area contributed by atoms with Gasteiger partial charge in [0.15, 0.2) is 0 Å². The summed E-state index contributed by atoms with van der Waals surface area (Å²) in [7, 11) is 1.58. The van der Waals surface area contributed by atoms with Crippen molar-refractivity contribution < 1.29 is 19.4 Å². The van der Waals surface area contributed by atoms with E-state index in [4.69, 9.17) is 4.74 Å². The monoisotopic (exact) mass is 339 g/mol. The number of methoxy groups -OCH3 is 1. The highest BCUT2D eigenvalue weighted by atomic mass is 16.5. The lowest BCUT2D eigenvalue weighted by Crippen LogP contribution is -2.50. The maximum atomic E-state index is 13.1. The van der Waals surface area contributed by atoms with Gasteiger partial charge >= 0.3 is 5.97 Å². The van der Waals surface area contributed by atoms with Crippen molar-refractivity contribution in [1.29, 1.82) is 0 Å². The summed E-state index contributed by atoms with van der Waals surface area (Å²) in [5, 5.41) is 9.74. The molecule has 0 spiro atoms.